The number of amides is 1. The molecule has 7 nitrogen and oxygen atoms in total. The van der Waals surface area contributed by atoms with Crippen LogP contribution in [0.1, 0.15) is 50.8 Å². The van der Waals surface area contributed by atoms with E-state index in [2.05, 4.69) is 15.1 Å². The predicted molar refractivity (Wildman–Crippen MR) is 83.9 cm³/mol. The normalized spacial score (nSPS) is 25.7. The van der Waals surface area contributed by atoms with Gasteiger partial charge in [0, 0.05) is 31.8 Å². The van der Waals surface area contributed by atoms with Crippen LogP contribution in [-0.2, 0) is 11.2 Å². The number of aryl methyl sites for hydroxylation is 1. The SMILES string of the molecule is CC(C)c1nnc(CCC(=O)N2C[C@@H](O)[C@H](N3CCCC3)C2)o1. The number of likely N-dealkylation sites (tertiary alicyclic amines) is 2. The highest BCUT2D eigenvalue weighted by atomic mass is 16.4. The van der Waals surface area contributed by atoms with Crippen molar-refractivity contribution in [2.75, 3.05) is 26.2 Å². The van der Waals surface area contributed by atoms with Gasteiger partial charge in [0.25, 0.3) is 0 Å². The van der Waals surface area contributed by atoms with Crippen molar-refractivity contribution in [1.82, 2.24) is 20.0 Å². The third-order valence-corrected chi connectivity index (χ3v) is 4.75. The predicted octanol–water partition coefficient (Wildman–Crippen LogP) is 0.793. The standard InChI is InChI=1S/C16H26N4O3/c1-11(2)16-18-17-14(23-16)5-6-15(22)20-9-12(13(21)10-20)19-7-3-4-8-19/h11-13,21H,3-10H2,1-2H3/t12-,13-/m1/s1. The number of nitrogens with zero attached hydrogens (tertiary/aromatic N) is 4. The number of aromatic nitrogens is 2. The van der Waals surface area contributed by atoms with Crippen LogP contribution in [0.25, 0.3) is 0 Å². The van der Waals surface area contributed by atoms with Crippen LogP contribution in [0.2, 0.25) is 0 Å². The van der Waals surface area contributed by atoms with E-state index in [1.807, 2.05) is 13.8 Å². The van der Waals surface area contributed by atoms with Gasteiger partial charge >= 0.3 is 0 Å². The van der Waals surface area contributed by atoms with Gasteiger partial charge in [-0.1, -0.05) is 13.8 Å². The van der Waals surface area contributed by atoms with E-state index in [1.54, 1.807) is 4.90 Å². The summed E-state index contributed by atoms with van der Waals surface area (Å²) in [6.07, 6.45) is 2.74. The molecule has 0 bridgehead atoms. The van der Waals surface area contributed by atoms with Crippen LogP contribution in [0, 0.1) is 0 Å². The van der Waals surface area contributed by atoms with E-state index in [-0.39, 0.29) is 17.9 Å². The molecule has 0 aliphatic carbocycles. The van der Waals surface area contributed by atoms with Gasteiger partial charge in [-0.25, -0.2) is 0 Å². The molecule has 128 valence electrons. The van der Waals surface area contributed by atoms with Crippen molar-refractivity contribution in [3.63, 3.8) is 0 Å². The first-order chi connectivity index (χ1) is 11.0. The highest BCUT2D eigenvalue weighted by molar-refractivity contribution is 5.76. The molecule has 2 saturated heterocycles. The van der Waals surface area contributed by atoms with Crippen molar-refractivity contribution in [1.29, 1.82) is 0 Å². The van der Waals surface area contributed by atoms with Crippen molar-refractivity contribution in [2.45, 2.75) is 57.6 Å². The lowest BCUT2D eigenvalue weighted by Crippen LogP contribution is -2.41. The third-order valence-electron chi connectivity index (χ3n) is 4.75. The zero-order valence-electron chi connectivity index (χ0n) is 13.9. The molecular formula is C16H26N4O3. The summed E-state index contributed by atoms with van der Waals surface area (Å²) in [4.78, 5) is 16.5. The minimum atomic E-state index is -0.437. The highest BCUT2D eigenvalue weighted by Gasteiger charge is 2.38. The number of hydrogen-bond donors (Lipinski definition) is 1. The molecule has 1 amide bonds. The quantitative estimate of drug-likeness (QED) is 0.863. The molecule has 3 heterocycles. The molecule has 1 aromatic heterocycles. The first kappa shape index (κ1) is 16.4. The monoisotopic (exact) mass is 322 g/mol. The number of rotatable bonds is 5. The molecule has 0 unspecified atom stereocenters. The molecule has 0 spiro atoms. The molecule has 2 fully saturated rings. The van der Waals surface area contributed by atoms with Crippen molar-refractivity contribution in [3.8, 4) is 0 Å². The fourth-order valence-corrected chi connectivity index (χ4v) is 3.38. The minimum Gasteiger partial charge on any atom is -0.425 e. The fourth-order valence-electron chi connectivity index (χ4n) is 3.38. The Morgan fingerprint density at radius 2 is 2.04 bits per heavy atom. The van der Waals surface area contributed by atoms with Crippen LogP contribution in [0.5, 0.6) is 0 Å². The highest BCUT2D eigenvalue weighted by Crippen LogP contribution is 2.22. The fraction of sp³-hybridized carbons (Fsp3) is 0.812. The average Bonchev–Trinajstić information content (AvgIpc) is 3.24. The summed E-state index contributed by atoms with van der Waals surface area (Å²) in [5, 5.41) is 18.2. The molecule has 0 radical (unpaired) electrons. The third kappa shape index (κ3) is 3.72. The Balaban J connectivity index is 1.50. The van der Waals surface area contributed by atoms with E-state index in [4.69, 9.17) is 4.42 Å². The average molecular weight is 322 g/mol. The van der Waals surface area contributed by atoms with Crippen LogP contribution in [0.3, 0.4) is 0 Å². The number of hydrogen-bond acceptors (Lipinski definition) is 6. The lowest BCUT2D eigenvalue weighted by atomic mass is 10.2. The Bertz CT molecular complexity index is 539. The van der Waals surface area contributed by atoms with Crippen LogP contribution < -0.4 is 0 Å². The number of aliphatic hydroxyl groups excluding tert-OH is 1. The molecule has 2 aliphatic heterocycles. The molecule has 7 heteroatoms. The Labute approximate surface area is 136 Å². The Kier molecular flexibility index (Phi) is 4.96. The molecule has 0 saturated carbocycles. The van der Waals surface area contributed by atoms with Crippen LogP contribution >= 0.6 is 0 Å². The molecule has 23 heavy (non-hydrogen) atoms. The summed E-state index contributed by atoms with van der Waals surface area (Å²) in [5.41, 5.74) is 0. The minimum absolute atomic E-state index is 0.0510. The molecule has 2 aliphatic rings. The second-order valence-electron chi connectivity index (χ2n) is 6.87. The zero-order chi connectivity index (χ0) is 16.4. The van der Waals surface area contributed by atoms with E-state index in [0.29, 0.717) is 37.7 Å². The molecular weight excluding hydrogens is 296 g/mol. The van der Waals surface area contributed by atoms with Crippen molar-refractivity contribution < 1.29 is 14.3 Å². The number of carbonyl (C=O) groups is 1. The maximum absolute atomic E-state index is 12.4. The van der Waals surface area contributed by atoms with E-state index < -0.39 is 6.10 Å². The second kappa shape index (κ2) is 6.97. The van der Waals surface area contributed by atoms with E-state index in [0.717, 1.165) is 13.1 Å². The molecule has 1 N–H and O–H groups in total. The largest absolute Gasteiger partial charge is 0.425 e. The lowest BCUT2D eigenvalue weighted by Gasteiger charge is -2.25. The number of carbonyl (C=O) groups excluding carboxylic acids is 1. The van der Waals surface area contributed by atoms with Gasteiger partial charge in [0.2, 0.25) is 17.7 Å². The van der Waals surface area contributed by atoms with Crippen LogP contribution in [0.15, 0.2) is 4.42 Å². The maximum Gasteiger partial charge on any atom is 0.223 e. The van der Waals surface area contributed by atoms with E-state index in [1.165, 1.54) is 12.8 Å². The molecule has 2 atom stereocenters. The van der Waals surface area contributed by atoms with Crippen molar-refractivity contribution in [2.24, 2.45) is 0 Å². The van der Waals surface area contributed by atoms with Gasteiger partial charge in [0.05, 0.1) is 12.1 Å². The Hall–Kier alpha value is -1.47. The summed E-state index contributed by atoms with van der Waals surface area (Å²) >= 11 is 0. The van der Waals surface area contributed by atoms with Gasteiger partial charge in [-0.15, -0.1) is 10.2 Å². The van der Waals surface area contributed by atoms with E-state index >= 15 is 0 Å². The van der Waals surface area contributed by atoms with Gasteiger partial charge in [-0.05, 0) is 25.9 Å². The maximum atomic E-state index is 12.4. The summed E-state index contributed by atoms with van der Waals surface area (Å²) in [6, 6.07) is 0.0948. The lowest BCUT2D eigenvalue weighted by molar-refractivity contribution is -0.130. The molecule has 0 aromatic carbocycles. The van der Waals surface area contributed by atoms with Gasteiger partial charge in [-0.3, -0.25) is 9.69 Å². The van der Waals surface area contributed by atoms with Gasteiger partial charge in [-0.2, -0.15) is 0 Å². The summed E-state index contributed by atoms with van der Waals surface area (Å²) in [5.74, 6) is 1.37. The summed E-state index contributed by atoms with van der Waals surface area (Å²) in [6.45, 7) is 7.11. The summed E-state index contributed by atoms with van der Waals surface area (Å²) < 4.78 is 5.53. The van der Waals surface area contributed by atoms with E-state index in [9.17, 15) is 9.90 Å². The topological polar surface area (TPSA) is 82.7 Å². The Morgan fingerprint density at radius 1 is 1.30 bits per heavy atom. The molecule has 3 rings (SSSR count). The Morgan fingerprint density at radius 3 is 2.70 bits per heavy atom. The van der Waals surface area contributed by atoms with Crippen molar-refractivity contribution >= 4 is 5.91 Å². The number of aliphatic hydroxyl groups is 1. The first-order valence-corrected chi connectivity index (χ1v) is 8.56. The first-order valence-electron chi connectivity index (χ1n) is 8.56. The smallest absolute Gasteiger partial charge is 0.223 e. The second-order valence-corrected chi connectivity index (χ2v) is 6.87. The van der Waals surface area contributed by atoms with Gasteiger partial charge in [0.1, 0.15) is 0 Å². The van der Waals surface area contributed by atoms with Crippen LogP contribution in [-0.4, -0.2) is 69.3 Å². The summed E-state index contributed by atoms with van der Waals surface area (Å²) in [7, 11) is 0. The van der Waals surface area contributed by atoms with Crippen molar-refractivity contribution in [3.05, 3.63) is 11.8 Å². The van der Waals surface area contributed by atoms with Crippen LogP contribution in [0.4, 0.5) is 0 Å². The molecule has 1 aromatic rings. The zero-order valence-corrected chi connectivity index (χ0v) is 13.9. The number of β-amino-alcohol motifs (C(OH)–C–C–N with tert-alkyl or cyclic N) is 1. The van der Waals surface area contributed by atoms with Gasteiger partial charge in [0.15, 0.2) is 0 Å². The van der Waals surface area contributed by atoms with Gasteiger partial charge < -0.3 is 14.4 Å².